The number of hydrogen-bond acceptors (Lipinski definition) is 2. The smallest absolute Gasteiger partial charge is 0.110 e. The average molecular weight is 375 g/mol. The summed E-state index contributed by atoms with van der Waals surface area (Å²) in [4.78, 5) is 0. The maximum atomic E-state index is 9.12. The summed E-state index contributed by atoms with van der Waals surface area (Å²) in [5, 5.41) is 9.12. The summed E-state index contributed by atoms with van der Waals surface area (Å²) in [6, 6.07) is 0. The summed E-state index contributed by atoms with van der Waals surface area (Å²) in [7, 11) is 0. The molecule has 1 saturated heterocycles. The van der Waals surface area contributed by atoms with Crippen LogP contribution in [0.5, 0.6) is 0 Å². The maximum absolute atomic E-state index is 9.12. The Morgan fingerprint density at radius 1 is 0.778 bits per heavy atom. The lowest BCUT2D eigenvalue weighted by atomic mass is 10.00. The zero-order chi connectivity index (χ0) is 20.3. The first-order chi connectivity index (χ1) is 12.8. The molecule has 154 valence electrons. The Labute approximate surface area is 168 Å². The largest absolute Gasteiger partial charge is 0.394 e. The highest BCUT2D eigenvalue weighted by molar-refractivity contribution is 5.08. The average Bonchev–Trinajstić information content (AvgIpc) is 3.25. The minimum absolute atomic E-state index is 0.0571. The molecule has 1 aliphatic heterocycles. The number of hydrogen-bond donors (Lipinski definition) is 1. The lowest BCUT2D eigenvalue weighted by Crippen LogP contribution is -2.11. The van der Waals surface area contributed by atoms with Gasteiger partial charge in [0.1, 0.15) is 6.10 Å². The molecule has 2 nitrogen and oxygen atoms in total. The fourth-order valence-corrected chi connectivity index (χ4v) is 3.33. The Morgan fingerprint density at radius 2 is 1.22 bits per heavy atom. The van der Waals surface area contributed by atoms with Gasteiger partial charge >= 0.3 is 0 Å². The third-order valence-electron chi connectivity index (χ3n) is 5.49. The lowest BCUT2D eigenvalue weighted by molar-refractivity contribution is 0.235. The molecule has 2 atom stereocenters. The molecule has 1 rings (SSSR count). The van der Waals surface area contributed by atoms with Gasteiger partial charge in [-0.25, -0.2) is 0 Å². The van der Waals surface area contributed by atoms with Crippen LogP contribution in [-0.2, 0) is 4.74 Å². The van der Waals surface area contributed by atoms with Crippen molar-refractivity contribution in [1.82, 2.24) is 0 Å². The first-order valence-electron chi connectivity index (χ1n) is 10.7. The second kappa shape index (κ2) is 12.4. The Kier molecular flexibility index (Phi) is 10.9. The molecule has 2 heteroatoms. The van der Waals surface area contributed by atoms with Gasteiger partial charge in [0.2, 0.25) is 0 Å². The molecule has 1 N–H and O–H groups in total. The summed E-state index contributed by atoms with van der Waals surface area (Å²) >= 11 is 0. The molecule has 0 aromatic rings. The van der Waals surface area contributed by atoms with Gasteiger partial charge in [0, 0.05) is 0 Å². The lowest BCUT2D eigenvalue weighted by Gasteiger charge is -2.05. The molecule has 0 amide bonds. The highest BCUT2D eigenvalue weighted by Gasteiger charge is 2.50. The quantitative estimate of drug-likeness (QED) is 0.276. The number of aliphatic hydroxyl groups excluding tert-OH is 1. The van der Waals surface area contributed by atoms with Crippen molar-refractivity contribution in [3.05, 3.63) is 46.6 Å². The highest BCUT2D eigenvalue weighted by Crippen LogP contribution is 2.39. The van der Waals surface area contributed by atoms with Crippen LogP contribution in [-0.4, -0.2) is 23.4 Å². The van der Waals surface area contributed by atoms with Crippen molar-refractivity contribution in [3.63, 3.8) is 0 Å². The van der Waals surface area contributed by atoms with Gasteiger partial charge in [-0.15, -0.1) is 0 Å². The van der Waals surface area contributed by atoms with E-state index in [1.807, 2.05) is 0 Å². The highest BCUT2D eigenvalue weighted by atomic mass is 16.6. The molecule has 0 radical (unpaired) electrons. The zero-order valence-electron chi connectivity index (χ0n) is 18.6. The van der Waals surface area contributed by atoms with Crippen molar-refractivity contribution in [1.29, 1.82) is 0 Å². The van der Waals surface area contributed by atoms with Crippen LogP contribution in [0.3, 0.4) is 0 Å². The van der Waals surface area contributed by atoms with Crippen molar-refractivity contribution in [2.45, 2.75) is 105 Å². The van der Waals surface area contributed by atoms with Gasteiger partial charge in [0.05, 0.1) is 12.2 Å². The predicted molar refractivity (Wildman–Crippen MR) is 118 cm³/mol. The molecule has 0 saturated carbocycles. The Morgan fingerprint density at radius 3 is 1.63 bits per heavy atom. The first kappa shape index (κ1) is 23.9. The van der Waals surface area contributed by atoms with E-state index in [2.05, 4.69) is 65.8 Å². The second-order valence-electron chi connectivity index (χ2n) is 8.69. The van der Waals surface area contributed by atoms with E-state index in [0.717, 1.165) is 38.5 Å². The van der Waals surface area contributed by atoms with Crippen LogP contribution < -0.4 is 0 Å². The Hall–Kier alpha value is -1.12. The third kappa shape index (κ3) is 10.7. The molecule has 0 unspecified atom stereocenters. The monoisotopic (exact) mass is 374 g/mol. The van der Waals surface area contributed by atoms with E-state index in [1.165, 1.54) is 35.1 Å². The zero-order valence-corrected chi connectivity index (χ0v) is 18.6. The van der Waals surface area contributed by atoms with Gasteiger partial charge in [-0.2, -0.15) is 0 Å². The van der Waals surface area contributed by atoms with Crippen LogP contribution in [0.4, 0.5) is 0 Å². The SMILES string of the molecule is CC(C)=CCC/C(C)=C/CC/C(C)=C/CC/C(C)=C/CC[C@@]1(C)O[C@@H]1CO. The minimum atomic E-state index is -0.0840. The predicted octanol–water partition coefficient (Wildman–Crippen LogP) is 7.06. The van der Waals surface area contributed by atoms with Gasteiger partial charge in [-0.05, 0) is 92.9 Å². The molecule has 0 aromatic carbocycles. The van der Waals surface area contributed by atoms with Crippen molar-refractivity contribution >= 4 is 0 Å². The topological polar surface area (TPSA) is 32.8 Å². The molecule has 1 heterocycles. The fourth-order valence-electron chi connectivity index (χ4n) is 3.33. The van der Waals surface area contributed by atoms with E-state index in [-0.39, 0.29) is 18.3 Å². The molecule has 1 fully saturated rings. The van der Waals surface area contributed by atoms with Crippen LogP contribution >= 0.6 is 0 Å². The number of epoxide rings is 1. The fraction of sp³-hybridized carbons (Fsp3) is 0.680. The van der Waals surface area contributed by atoms with Crippen LogP contribution in [0.2, 0.25) is 0 Å². The molecular weight excluding hydrogens is 332 g/mol. The molecule has 0 aliphatic carbocycles. The van der Waals surface area contributed by atoms with E-state index >= 15 is 0 Å². The number of rotatable bonds is 13. The normalized spacial score (nSPS) is 23.5. The maximum Gasteiger partial charge on any atom is 0.110 e. The molecule has 0 spiro atoms. The molecule has 0 aromatic heterocycles. The van der Waals surface area contributed by atoms with Crippen LogP contribution in [0.1, 0.15) is 92.9 Å². The summed E-state index contributed by atoms with van der Waals surface area (Å²) < 4.78 is 5.54. The Balaban J connectivity index is 2.18. The Bertz CT molecular complexity index is 561. The van der Waals surface area contributed by atoms with Crippen molar-refractivity contribution in [2.75, 3.05) is 6.61 Å². The summed E-state index contributed by atoms with van der Waals surface area (Å²) in [6.07, 6.45) is 18.5. The molecule has 1 aliphatic rings. The second-order valence-corrected chi connectivity index (χ2v) is 8.69. The van der Waals surface area contributed by atoms with E-state index in [4.69, 9.17) is 9.84 Å². The van der Waals surface area contributed by atoms with E-state index in [9.17, 15) is 0 Å². The van der Waals surface area contributed by atoms with Crippen molar-refractivity contribution < 1.29 is 9.84 Å². The van der Waals surface area contributed by atoms with E-state index in [0.29, 0.717) is 0 Å². The van der Waals surface area contributed by atoms with Crippen molar-refractivity contribution in [2.24, 2.45) is 0 Å². The van der Waals surface area contributed by atoms with Gasteiger partial charge in [0.15, 0.2) is 0 Å². The number of aliphatic hydroxyl groups is 1. The summed E-state index contributed by atoms with van der Waals surface area (Å²) in [5.74, 6) is 0. The minimum Gasteiger partial charge on any atom is -0.394 e. The number of ether oxygens (including phenoxy) is 1. The van der Waals surface area contributed by atoms with Gasteiger partial charge < -0.3 is 9.84 Å². The first-order valence-corrected chi connectivity index (χ1v) is 10.7. The van der Waals surface area contributed by atoms with Gasteiger partial charge in [-0.1, -0.05) is 46.6 Å². The summed E-state index contributed by atoms with van der Waals surface area (Å²) in [5.41, 5.74) is 5.80. The third-order valence-corrected chi connectivity index (χ3v) is 5.49. The van der Waals surface area contributed by atoms with Crippen molar-refractivity contribution in [3.8, 4) is 0 Å². The summed E-state index contributed by atoms with van der Waals surface area (Å²) in [6.45, 7) is 13.3. The van der Waals surface area contributed by atoms with Gasteiger partial charge in [0.25, 0.3) is 0 Å². The molecular formula is C25H42O2. The van der Waals surface area contributed by atoms with Crippen LogP contribution in [0.15, 0.2) is 46.6 Å². The number of allylic oxidation sites excluding steroid dienone is 8. The van der Waals surface area contributed by atoms with E-state index < -0.39 is 0 Å². The van der Waals surface area contributed by atoms with E-state index in [1.54, 1.807) is 0 Å². The molecule has 27 heavy (non-hydrogen) atoms. The van der Waals surface area contributed by atoms with Crippen LogP contribution in [0.25, 0.3) is 0 Å². The van der Waals surface area contributed by atoms with Crippen LogP contribution in [0, 0.1) is 0 Å². The molecule has 0 bridgehead atoms. The van der Waals surface area contributed by atoms with Gasteiger partial charge in [-0.3, -0.25) is 0 Å². The standard InChI is InChI=1S/C25H42O2/c1-20(2)11-7-12-21(3)13-8-14-22(4)15-9-16-23(5)17-10-18-25(6)24(19-26)27-25/h11,13,15,17,24,26H,7-10,12,14,16,18-19H2,1-6H3/b21-13+,22-15+,23-17+/t24-,25-/m1/s1.